The van der Waals surface area contributed by atoms with Crippen molar-refractivity contribution in [1.82, 2.24) is 0 Å². The van der Waals surface area contributed by atoms with Gasteiger partial charge in [-0.2, -0.15) is 0 Å². The van der Waals surface area contributed by atoms with Crippen molar-refractivity contribution in [3.8, 4) is 5.75 Å². The smallest absolute Gasteiger partial charge is 0.118 e. The number of ether oxygens (including phenoxy) is 2. The normalized spacial score (nSPS) is 39.6. The van der Waals surface area contributed by atoms with Crippen LogP contribution in [0.1, 0.15) is 58.9 Å². The second kappa shape index (κ2) is 5.97. The van der Waals surface area contributed by atoms with E-state index in [9.17, 15) is 5.11 Å². The van der Waals surface area contributed by atoms with E-state index >= 15 is 0 Å². The summed E-state index contributed by atoms with van der Waals surface area (Å²) in [6, 6.07) is 8.08. The predicted octanol–water partition coefficient (Wildman–Crippen LogP) is 4.81. The van der Waals surface area contributed by atoms with Gasteiger partial charge >= 0.3 is 0 Å². The highest BCUT2D eigenvalue weighted by molar-refractivity contribution is 5.27. The minimum atomic E-state index is -0.708. The first kappa shape index (κ1) is 18.3. The van der Waals surface area contributed by atoms with Crippen LogP contribution in [0.4, 0.5) is 0 Å². The minimum absolute atomic E-state index is 0.0825. The summed E-state index contributed by atoms with van der Waals surface area (Å²) in [5.74, 6) is 2.29. The molecule has 0 spiro atoms. The highest BCUT2D eigenvalue weighted by atomic mass is 16.5. The topological polar surface area (TPSA) is 38.7 Å². The van der Waals surface area contributed by atoms with Crippen LogP contribution in [0.3, 0.4) is 0 Å². The Morgan fingerprint density at radius 2 is 1.62 bits per heavy atom. The number of benzene rings is 1. The molecule has 3 nitrogen and oxygen atoms in total. The van der Waals surface area contributed by atoms with Crippen LogP contribution in [0.5, 0.6) is 5.75 Å². The monoisotopic (exact) mass is 358 g/mol. The van der Waals surface area contributed by atoms with Gasteiger partial charge in [-0.1, -0.05) is 39.8 Å². The van der Waals surface area contributed by atoms with Crippen molar-refractivity contribution in [2.24, 2.45) is 28.6 Å². The molecule has 4 rings (SSSR count). The van der Waals surface area contributed by atoms with E-state index in [2.05, 4.69) is 39.8 Å². The molecule has 1 aromatic rings. The molecular formula is C23H34O3. The van der Waals surface area contributed by atoms with Crippen molar-refractivity contribution in [2.75, 3.05) is 7.11 Å². The van der Waals surface area contributed by atoms with E-state index in [1.807, 2.05) is 12.1 Å². The third-order valence-electron chi connectivity index (χ3n) is 8.30. The molecule has 0 radical (unpaired) electrons. The van der Waals surface area contributed by atoms with Crippen molar-refractivity contribution in [1.29, 1.82) is 0 Å². The highest BCUT2D eigenvalue weighted by Gasteiger charge is 2.70. The van der Waals surface area contributed by atoms with Gasteiger partial charge in [-0.3, -0.25) is 0 Å². The summed E-state index contributed by atoms with van der Waals surface area (Å²) in [5.41, 5.74) is 0.599. The summed E-state index contributed by atoms with van der Waals surface area (Å²) in [6.07, 6.45) is 4.56. The second-order valence-electron chi connectivity index (χ2n) is 10.0. The first-order valence-corrected chi connectivity index (χ1v) is 10.2. The quantitative estimate of drug-likeness (QED) is 0.839. The van der Waals surface area contributed by atoms with E-state index in [0.29, 0.717) is 24.4 Å². The lowest BCUT2D eigenvalue weighted by Gasteiger charge is -2.57. The average molecular weight is 359 g/mol. The number of hydrogen-bond donors (Lipinski definition) is 1. The zero-order chi connectivity index (χ0) is 18.7. The Morgan fingerprint density at radius 3 is 2.27 bits per heavy atom. The predicted molar refractivity (Wildman–Crippen MR) is 103 cm³/mol. The van der Waals surface area contributed by atoms with Gasteiger partial charge in [0.1, 0.15) is 5.75 Å². The molecule has 1 aromatic carbocycles. The molecule has 0 unspecified atom stereocenters. The van der Waals surface area contributed by atoms with Gasteiger partial charge in [-0.25, -0.2) is 0 Å². The van der Waals surface area contributed by atoms with Gasteiger partial charge in [0.05, 0.1) is 25.4 Å². The van der Waals surface area contributed by atoms with Crippen molar-refractivity contribution in [3.05, 3.63) is 29.8 Å². The molecule has 26 heavy (non-hydrogen) atoms. The highest BCUT2D eigenvalue weighted by Crippen LogP contribution is 2.68. The molecule has 3 aliphatic carbocycles. The Bertz CT molecular complexity index is 661. The Morgan fingerprint density at radius 1 is 0.962 bits per heavy atom. The van der Waals surface area contributed by atoms with Gasteiger partial charge in [0.2, 0.25) is 0 Å². The maximum atomic E-state index is 12.0. The van der Waals surface area contributed by atoms with E-state index in [0.717, 1.165) is 24.2 Å². The Kier molecular flexibility index (Phi) is 4.20. The van der Waals surface area contributed by atoms with Crippen molar-refractivity contribution in [3.63, 3.8) is 0 Å². The van der Waals surface area contributed by atoms with Crippen LogP contribution < -0.4 is 4.74 Å². The molecule has 1 N–H and O–H groups in total. The first-order chi connectivity index (χ1) is 12.2. The molecule has 3 saturated carbocycles. The largest absolute Gasteiger partial charge is 0.497 e. The molecular weight excluding hydrogens is 324 g/mol. The van der Waals surface area contributed by atoms with Crippen LogP contribution in [0.25, 0.3) is 0 Å². The van der Waals surface area contributed by atoms with Gasteiger partial charge in [0.25, 0.3) is 0 Å². The average Bonchev–Trinajstić information content (AvgIpc) is 2.96. The van der Waals surface area contributed by atoms with Crippen LogP contribution >= 0.6 is 0 Å². The molecule has 2 bridgehead atoms. The number of hydrogen-bond acceptors (Lipinski definition) is 3. The molecule has 3 fully saturated rings. The summed E-state index contributed by atoms with van der Waals surface area (Å²) >= 11 is 0. The number of methoxy groups -OCH3 is 1. The van der Waals surface area contributed by atoms with Gasteiger partial charge in [-0.05, 0) is 72.0 Å². The number of rotatable bonds is 4. The summed E-state index contributed by atoms with van der Waals surface area (Å²) in [4.78, 5) is 0. The van der Waals surface area contributed by atoms with Gasteiger partial charge in [0.15, 0.2) is 0 Å². The Hall–Kier alpha value is -1.06. The second-order valence-corrected chi connectivity index (χ2v) is 10.0. The summed E-state index contributed by atoms with van der Waals surface area (Å²) in [6.45, 7) is 9.86. The lowest BCUT2D eigenvalue weighted by Crippen LogP contribution is -2.65. The van der Waals surface area contributed by atoms with Crippen LogP contribution in [-0.4, -0.2) is 23.9 Å². The zero-order valence-electron chi connectivity index (χ0n) is 16.9. The molecule has 0 heterocycles. The molecule has 0 saturated heterocycles. The fraction of sp³-hybridized carbons (Fsp3) is 0.739. The van der Waals surface area contributed by atoms with E-state index in [-0.39, 0.29) is 16.9 Å². The van der Waals surface area contributed by atoms with Gasteiger partial charge in [-0.15, -0.1) is 0 Å². The maximum absolute atomic E-state index is 12.0. The molecule has 0 amide bonds. The fourth-order valence-corrected chi connectivity index (χ4v) is 6.64. The lowest BCUT2D eigenvalue weighted by atomic mass is 9.53. The SMILES string of the molecule is COc1ccc(CO[C@@H]2[C@H]3CC[C@@H]([C@H]4CCC(C)(C)[C@]42O)C3(C)C)cc1. The lowest BCUT2D eigenvalue weighted by molar-refractivity contribution is -0.243. The van der Waals surface area contributed by atoms with E-state index < -0.39 is 5.60 Å². The van der Waals surface area contributed by atoms with E-state index in [1.54, 1.807) is 7.11 Å². The van der Waals surface area contributed by atoms with Crippen molar-refractivity contribution >= 4 is 0 Å². The zero-order valence-corrected chi connectivity index (χ0v) is 16.9. The van der Waals surface area contributed by atoms with Crippen LogP contribution in [0.15, 0.2) is 24.3 Å². The van der Waals surface area contributed by atoms with Crippen molar-refractivity contribution < 1.29 is 14.6 Å². The van der Waals surface area contributed by atoms with Crippen LogP contribution in [0, 0.1) is 28.6 Å². The van der Waals surface area contributed by atoms with E-state index in [4.69, 9.17) is 9.47 Å². The minimum Gasteiger partial charge on any atom is -0.497 e. The van der Waals surface area contributed by atoms with Crippen molar-refractivity contribution in [2.45, 2.75) is 71.7 Å². The van der Waals surface area contributed by atoms with Gasteiger partial charge in [0, 0.05) is 0 Å². The third kappa shape index (κ3) is 2.39. The number of aliphatic hydroxyl groups is 1. The summed E-state index contributed by atoms with van der Waals surface area (Å²) < 4.78 is 11.8. The maximum Gasteiger partial charge on any atom is 0.118 e. The standard InChI is InChI=1S/C23H34O3/c1-21(2)13-12-18-17-10-11-19(22(17,3)4)20(23(18,21)24)26-14-15-6-8-16(25-5)9-7-15/h6-9,17-20,24H,10-14H2,1-5H3/t17-,18+,19+,20+,23-/m0/s1. The fourth-order valence-electron chi connectivity index (χ4n) is 6.64. The molecule has 0 aromatic heterocycles. The third-order valence-corrected chi connectivity index (χ3v) is 8.30. The number of fused-ring (bicyclic) bond motifs is 4. The molecule has 144 valence electrons. The molecule has 5 atom stereocenters. The van der Waals surface area contributed by atoms with Gasteiger partial charge < -0.3 is 14.6 Å². The first-order valence-electron chi connectivity index (χ1n) is 10.2. The van der Waals surface area contributed by atoms with Crippen LogP contribution in [0.2, 0.25) is 0 Å². The summed E-state index contributed by atoms with van der Waals surface area (Å²) in [5, 5.41) is 12.0. The molecule has 3 aliphatic rings. The van der Waals surface area contributed by atoms with E-state index in [1.165, 1.54) is 12.8 Å². The molecule has 0 aliphatic heterocycles. The van der Waals surface area contributed by atoms with Crippen LogP contribution in [-0.2, 0) is 11.3 Å². The Balaban J connectivity index is 1.63. The summed E-state index contributed by atoms with van der Waals surface area (Å²) in [7, 11) is 1.68. The Labute approximate surface area is 158 Å². The molecule has 3 heteroatoms.